The molecule has 0 aliphatic rings. The predicted molar refractivity (Wildman–Crippen MR) is 77.8 cm³/mol. The van der Waals surface area contributed by atoms with Gasteiger partial charge in [0, 0.05) is 6.54 Å². The summed E-state index contributed by atoms with van der Waals surface area (Å²) < 4.78 is 31.7. The molecule has 2 N–H and O–H groups in total. The average molecular weight is 314 g/mol. The van der Waals surface area contributed by atoms with E-state index in [1.54, 1.807) is 24.3 Å². The molecule has 0 aromatic heterocycles. The Balaban J connectivity index is 1.84. The monoisotopic (exact) mass is 313 g/mol. The van der Waals surface area contributed by atoms with Crippen LogP contribution in [0.2, 0.25) is 5.02 Å². The largest absolute Gasteiger partial charge is 0.489 e. The molecule has 0 heterocycles. The predicted octanol–water partition coefficient (Wildman–Crippen LogP) is 3.47. The van der Waals surface area contributed by atoms with Gasteiger partial charge in [-0.2, -0.15) is 0 Å². The minimum absolute atomic E-state index is 0.00760. The molecule has 112 valence electrons. The van der Waals surface area contributed by atoms with E-state index in [9.17, 15) is 13.9 Å². The zero-order valence-electron chi connectivity index (χ0n) is 11.0. The van der Waals surface area contributed by atoms with Gasteiger partial charge in [-0.1, -0.05) is 23.7 Å². The molecular formula is C15H14ClF2NO2. The van der Waals surface area contributed by atoms with Crippen molar-refractivity contribution in [3.63, 3.8) is 0 Å². The van der Waals surface area contributed by atoms with Crippen molar-refractivity contribution in [3.8, 4) is 5.75 Å². The fraction of sp³-hybridized carbons (Fsp3) is 0.200. The molecule has 0 bridgehead atoms. The normalized spacial score (nSPS) is 12.0. The molecule has 0 saturated carbocycles. The number of ether oxygens (including phenoxy) is 1. The van der Waals surface area contributed by atoms with Crippen molar-refractivity contribution in [1.82, 2.24) is 0 Å². The molecule has 0 aliphatic carbocycles. The summed E-state index contributed by atoms with van der Waals surface area (Å²) in [5.74, 6) is -0.688. The summed E-state index contributed by atoms with van der Waals surface area (Å²) in [7, 11) is 0. The average Bonchev–Trinajstić information content (AvgIpc) is 2.47. The lowest BCUT2D eigenvalue weighted by atomic mass is 10.2. The summed E-state index contributed by atoms with van der Waals surface area (Å²) in [6.07, 6.45) is -0.899. The van der Waals surface area contributed by atoms with Gasteiger partial charge < -0.3 is 15.2 Å². The lowest BCUT2D eigenvalue weighted by Crippen LogP contribution is -2.26. The van der Waals surface area contributed by atoms with Crippen LogP contribution in [0.4, 0.5) is 14.5 Å². The molecule has 0 aliphatic heterocycles. The Morgan fingerprint density at radius 3 is 2.71 bits per heavy atom. The van der Waals surface area contributed by atoms with Gasteiger partial charge >= 0.3 is 0 Å². The number of hydrogen-bond acceptors (Lipinski definition) is 3. The molecule has 0 amide bonds. The first-order chi connectivity index (χ1) is 10.1. The van der Waals surface area contributed by atoms with Gasteiger partial charge in [0.25, 0.3) is 0 Å². The fourth-order valence-corrected chi connectivity index (χ4v) is 1.86. The van der Waals surface area contributed by atoms with Crippen LogP contribution in [0, 0.1) is 11.6 Å². The van der Waals surface area contributed by atoms with Crippen LogP contribution in [0.3, 0.4) is 0 Å². The van der Waals surface area contributed by atoms with Crippen molar-refractivity contribution in [2.24, 2.45) is 0 Å². The minimum Gasteiger partial charge on any atom is -0.489 e. The molecule has 0 saturated heterocycles. The highest BCUT2D eigenvalue weighted by Gasteiger charge is 2.09. The van der Waals surface area contributed by atoms with Crippen LogP contribution < -0.4 is 10.1 Å². The standard InChI is InChI=1S/C15H14ClF2NO2/c16-12-3-1-2-4-15(12)21-9-11(20)8-19-14-7-10(17)5-6-13(14)18/h1-7,11,19-20H,8-9H2. The van der Waals surface area contributed by atoms with Gasteiger partial charge in [0.2, 0.25) is 0 Å². The third-order valence-electron chi connectivity index (χ3n) is 2.72. The van der Waals surface area contributed by atoms with Crippen molar-refractivity contribution >= 4 is 17.3 Å². The first-order valence-corrected chi connectivity index (χ1v) is 6.68. The van der Waals surface area contributed by atoms with Crippen LogP contribution in [-0.4, -0.2) is 24.4 Å². The molecule has 0 fully saturated rings. The van der Waals surface area contributed by atoms with Gasteiger partial charge in [0.1, 0.15) is 30.1 Å². The van der Waals surface area contributed by atoms with Crippen LogP contribution in [0.15, 0.2) is 42.5 Å². The van der Waals surface area contributed by atoms with E-state index in [1.165, 1.54) is 0 Å². The molecule has 3 nitrogen and oxygen atoms in total. The molecule has 1 atom stereocenters. The lowest BCUT2D eigenvalue weighted by Gasteiger charge is -2.15. The Bertz CT molecular complexity index is 610. The summed E-state index contributed by atoms with van der Waals surface area (Å²) in [5, 5.41) is 12.8. The van der Waals surface area contributed by atoms with Crippen molar-refractivity contribution in [1.29, 1.82) is 0 Å². The number of para-hydroxylation sites is 1. The maximum Gasteiger partial charge on any atom is 0.146 e. The first-order valence-electron chi connectivity index (χ1n) is 6.30. The lowest BCUT2D eigenvalue weighted by molar-refractivity contribution is 0.117. The van der Waals surface area contributed by atoms with E-state index in [0.29, 0.717) is 10.8 Å². The molecule has 1 unspecified atom stereocenters. The Morgan fingerprint density at radius 2 is 1.95 bits per heavy atom. The molecule has 6 heteroatoms. The molecule has 2 aromatic carbocycles. The van der Waals surface area contributed by atoms with Gasteiger partial charge in [-0.25, -0.2) is 8.78 Å². The van der Waals surface area contributed by atoms with Crippen LogP contribution in [0.25, 0.3) is 0 Å². The molecular weight excluding hydrogens is 300 g/mol. The van der Waals surface area contributed by atoms with Crippen LogP contribution >= 0.6 is 11.6 Å². The Morgan fingerprint density at radius 1 is 1.19 bits per heavy atom. The number of rotatable bonds is 6. The van der Waals surface area contributed by atoms with Gasteiger partial charge in [0.05, 0.1) is 10.7 Å². The Labute approximate surface area is 126 Å². The second kappa shape index (κ2) is 7.24. The van der Waals surface area contributed by atoms with Crippen molar-refractivity contribution in [3.05, 3.63) is 59.1 Å². The molecule has 0 radical (unpaired) electrons. The van der Waals surface area contributed by atoms with E-state index in [2.05, 4.69) is 5.32 Å². The first kappa shape index (κ1) is 15.5. The van der Waals surface area contributed by atoms with E-state index < -0.39 is 17.7 Å². The van der Waals surface area contributed by atoms with E-state index in [4.69, 9.17) is 16.3 Å². The smallest absolute Gasteiger partial charge is 0.146 e. The van der Waals surface area contributed by atoms with E-state index >= 15 is 0 Å². The van der Waals surface area contributed by atoms with Crippen LogP contribution in [0.1, 0.15) is 0 Å². The third-order valence-corrected chi connectivity index (χ3v) is 3.04. The molecule has 2 rings (SSSR count). The van der Waals surface area contributed by atoms with Gasteiger partial charge in [0.15, 0.2) is 0 Å². The molecule has 21 heavy (non-hydrogen) atoms. The maximum atomic E-state index is 13.4. The number of halogens is 3. The van der Waals surface area contributed by atoms with Crippen molar-refractivity contribution in [2.45, 2.75) is 6.10 Å². The maximum absolute atomic E-state index is 13.4. The zero-order valence-corrected chi connectivity index (χ0v) is 11.8. The second-order valence-corrected chi connectivity index (χ2v) is 4.81. The van der Waals surface area contributed by atoms with E-state index in [0.717, 1.165) is 18.2 Å². The number of aliphatic hydroxyl groups excluding tert-OH is 1. The summed E-state index contributed by atoms with van der Waals surface area (Å²) in [6, 6.07) is 9.94. The minimum atomic E-state index is -0.899. The fourth-order valence-electron chi connectivity index (χ4n) is 1.67. The van der Waals surface area contributed by atoms with Crippen molar-refractivity contribution in [2.75, 3.05) is 18.5 Å². The van der Waals surface area contributed by atoms with E-state index in [-0.39, 0.29) is 18.8 Å². The number of aliphatic hydroxyl groups is 1. The molecule has 0 spiro atoms. The highest BCUT2D eigenvalue weighted by molar-refractivity contribution is 6.32. The van der Waals surface area contributed by atoms with Gasteiger partial charge in [-0.3, -0.25) is 0 Å². The number of hydrogen-bond donors (Lipinski definition) is 2. The highest BCUT2D eigenvalue weighted by atomic mass is 35.5. The number of anilines is 1. The summed E-state index contributed by atoms with van der Waals surface area (Å²) >= 11 is 5.91. The second-order valence-electron chi connectivity index (χ2n) is 4.40. The van der Waals surface area contributed by atoms with Crippen molar-refractivity contribution < 1.29 is 18.6 Å². The Kier molecular flexibility index (Phi) is 5.36. The quantitative estimate of drug-likeness (QED) is 0.858. The number of nitrogens with one attached hydrogen (secondary N) is 1. The van der Waals surface area contributed by atoms with Gasteiger partial charge in [-0.15, -0.1) is 0 Å². The SMILES string of the molecule is OC(CNc1cc(F)ccc1F)COc1ccccc1Cl. The Hall–Kier alpha value is -1.85. The summed E-state index contributed by atoms with van der Waals surface area (Å²) in [6.45, 7) is -0.00149. The van der Waals surface area contributed by atoms with Gasteiger partial charge in [-0.05, 0) is 30.3 Å². The topological polar surface area (TPSA) is 41.5 Å². The van der Waals surface area contributed by atoms with Crippen LogP contribution in [0.5, 0.6) is 5.75 Å². The molecule has 2 aromatic rings. The highest BCUT2D eigenvalue weighted by Crippen LogP contribution is 2.23. The summed E-state index contributed by atoms with van der Waals surface area (Å²) in [4.78, 5) is 0. The third kappa shape index (κ3) is 4.58. The van der Waals surface area contributed by atoms with Crippen LogP contribution in [-0.2, 0) is 0 Å². The summed E-state index contributed by atoms with van der Waals surface area (Å²) in [5.41, 5.74) is -0.00760. The number of benzene rings is 2. The van der Waals surface area contributed by atoms with E-state index in [1.807, 2.05) is 0 Å². The zero-order chi connectivity index (χ0) is 15.2.